The zero-order valence-corrected chi connectivity index (χ0v) is 12.3. The molecule has 100 valence electrons. The molecule has 1 aromatic rings. The Morgan fingerprint density at radius 1 is 1.22 bits per heavy atom. The topological polar surface area (TPSA) is 29.1 Å². The van der Waals surface area contributed by atoms with Gasteiger partial charge in [-0.1, -0.05) is 30.3 Å². The third-order valence-electron chi connectivity index (χ3n) is 2.40. The average Bonchev–Trinajstić information content (AvgIpc) is 2.24. The molecule has 0 radical (unpaired) electrons. The van der Waals surface area contributed by atoms with Crippen LogP contribution < -0.4 is 5.32 Å². The highest BCUT2D eigenvalue weighted by Gasteiger charge is 2.11. The first-order chi connectivity index (χ1) is 7.88. The van der Waals surface area contributed by atoms with Gasteiger partial charge in [0.25, 0.3) is 0 Å². The van der Waals surface area contributed by atoms with Crippen molar-refractivity contribution in [2.75, 3.05) is 6.54 Å². The number of carbonyl (C=O) groups is 1. The van der Waals surface area contributed by atoms with Gasteiger partial charge in [0.05, 0.1) is 0 Å². The number of hydrogen-bond donors (Lipinski definition) is 1. The predicted octanol–water partition coefficient (Wildman–Crippen LogP) is 3.47. The lowest BCUT2D eigenvalue weighted by molar-refractivity contribution is -0.113. The molecule has 3 heteroatoms. The van der Waals surface area contributed by atoms with Crippen molar-refractivity contribution >= 4 is 24.3 Å². The van der Waals surface area contributed by atoms with Gasteiger partial charge < -0.3 is 5.32 Å². The van der Waals surface area contributed by atoms with E-state index in [9.17, 15) is 4.79 Å². The first kappa shape index (κ1) is 16.9. The second kappa shape index (κ2) is 7.34. The monoisotopic (exact) mass is 267 g/mol. The largest absolute Gasteiger partial charge is 0.308 e. The van der Waals surface area contributed by atoms with Crippen molar-refractivity contribution in [2.45, 2.75) is 33.2 Å². The van der Waals surface area contributed by atoms with E-state index in [0.717, 1.165) is 11.1 Å². The molecule has 0 amide bonds. The molecule has 18 heavy (non-hydrogen) atoms. The lowest BCUT2D eigenvalue weighted by atomic mass is 10.0. The van der Waals surface area contributed by atoms with Crippen molar-refractivity contribution in [1.29, 1.82) is 0 Å². The quantitative estimate of drug-likeness (QED) is 0.847. The average molecular weight is 268 g/mol. The highest BCUT2D eigenvalue weighted by atomic mass is 35.5. The van der Waals surface area contributed by atoms with Gasteiger partial charge in [0.2, 0.25) is 0 Å². The van der Waals surface area contributed by atoms with Crippen LogP contribution in [0.15, 0.2) is 35.9 Å². The van der Waals surface area contributed by atoms with E-state index in [2.05, 4.69) is 26.1 Å². The van der Waals surface area contributed by atoms with Crippen LogP contribution in [-0.2, 0) is 4.79 Å². The molecule has 0 unspecified atom stereocenters. The van der Waals surface area contributed by atoms with Gasteiger partial charge in [-0.2, -0.15) is 0 Å². The first-order valence-electron chi connectivity index (χ1n) is 5.90. The summed E-state index contributed by atoms with van der Waals surface area (Å²) in [7, 11) is 0. The summed E-state index contributed by atoms with van der Waals surface area (Å²) in [6.07, 6.45) is 1.95. The maximum atomic E-state index is 11.6. The molecule has 0 atom stereocenters. The number of benzene rings is 1. The molecule has 1 rings (SSSR count). The van der Waals surface area contributed by atoms with Gasteiger partial charge in [-0.3, -0.25) is 4.79 Å². The number of rotatable bonds is 4. The van der Waals surface area contributed by atoms with E-state index in [1.807, 2.05) is 36.4 Å². The van der Waals surface area contributed by atoms with Crippen LogP contribution in [0.5, 0.6) is 0 Å². The van der Waals surface area contributed by atoms with Gasteiger partial charge in [-0.25, -0.2) is 0 Å². The van der Waals surface area contributed by atoms with Crippen LogP contribution in [0.3, 0.4) is 0 Å². The van der Waals surface area contributed by atoms with Crippen LogP contribution in [0.2, 0.25) is 0 Å². The van der Waals surface area contributed by atoms with Gasteiger partial charge in [-0.05, 0) is 39.3 Å². The molecule has 0 heterocycles. The molecular formula is C15H22ClNO. The Labute approximate surface area is 116 Å². The highest BCUT2D eigenvalue weighted by Crippen LogP contribution is 2.08. The molecule has 0 saturated carbocycles. The number of halogens is 1. The van der Waals surface area contributed by atoms with Crippen LogP contribution in [-0.4, -0.2) is 17.9 Å². The first-order valence-corrected chi connectivity index (χ1v) is 5.90. The van der Waals surface area contributed by atoms with Crippen molar-refractivity contribution in [1.82, 2.24) is 5.32 Å². The fraction of sp³-hybridized carbons (Fsp3) is 0.400. The summed E-state index contributed by atoms with van der Waals surface area (Å²) in [5.74, 6) is 0.116. The van der Waals surface area contributed by atoms with Crippen molar-refractivity contribution < 1.29 is 4.79 Å². The fourth-order valence-corrected chi connectivity index (χ4v) is 1.39. The standard InChI is InChI=1S/C15H21NO.ClH/c1-12(17)14(11-16-15(2,3)4)10-13-8-6-5-7-9-13;/h5-10,16H,11H2,1-4H3;1H/b14-10-;. The second-order valence-corrected chi connectivity index (χ2v) is 5.24. The fourth-order valence-electron chi connectivity index (χ4n) is 1.39. The second-order valence-electron chi connectivity index (χ2n) is 5.24. The van der Waals surface area contributed by atoms with Crippen LogP contribution in [0, 0.1) is 0 Å². The van der Waals surface area contributed by atoms with Crippen LogP contribution >= 0.6 is 12.4 Å². The van der Waals surface area contributed by atoms with Crippen molar-refractivity contribution in [3.8, 4) is 0 Å². The Kier molecular flexibility index (Phi) is 6.89. The number of Topliss-reactive ketones (excluding diaryl/α,β-unsaturated/α-hetero) is 1. The molecule has 0 aliphatic heterocycles. The van der Waals surface area contributed by atoms with Crippen molar-refractivity contribution in [2.24, 2.45) is 0 Å². The molecule has 0 aliphatic rings. The summed E-state index contributed by atoms with van der Waals surface area (Å²) in [6.45, 7) is 8.49. The van der Waals surface area contributed by atoms with Crippen LogP contribution in [0.1, 0.15) is 33.3 Å². The van der Waals surface area contributed by atoms with E-state index in [1.165, 1.54) is 0 Å². The number of hydrogen-bond acceptors (Lipinski definition) is 2. The lowest BCUT2D eigenvalue weighted by Gasteiger charge is -2.21. The molecule has 2 nitrogen and oxygen atoms in total. The Morgan fingerprint density at radius 3 is 2.22 bits per heavy atom. The maximum absolute atomic E-state index is 11.6. The smallest absolute Gasteiger partial charge is 0.157 e. The van der Waals surface area contributed by atoms with E-state index < -0.39 is 0 Å². The molecule has 1 N–H and O–H groups in total. The summed E-state index contributed by atoms with van der Waals surface area (Å²) in [4.78, 5) is 11.6. The zero-order chi connectivity index (χ0) is 12.9. The Bertz CT molecular complexity index is 404. The Morgan fingerprint density at radius 2 is 1.78 bits per heavy atom. The Hall–Kier alpha value is -1.12. The molecule has 0 spiro atoms. The molecular weight excluding hydrogens is 246 g/mol. The summed E-state index contributed by atoms with van der Waals surface area (Å²) in [6, 6.07) is 9.92. The van der Waals surface area contributed by atoms with Gasteiger partial charge in [0, 0.05) is 17.7 Å². The lowest BCUT2D eigenvalue weighted by Crippen LogP contribution is -2.37. The summed E-state index contributed by atoms with van der Waals surface area (Å²) >= 11 is 0. The van der Waals surface area contributed by atoms with Crippen LogP contribution in [0.4, 0.5) is 0 Å². The summed E-state index contributed by atoms with van der Waals surface area (Å²) in [5, 5.41) is 3.33. The van der Waals surface area contributed by atoms with Gasteiger partial charge >= 0.3 is 0 Å². The molecule has 0 bridgehead atoms. The Balaban J connectivity index is 0.00000289. The van der Waals surface area contributed by atoms with Crippen molar-refractivity contribution in [3.63, 3.8) is 0 Å². The third-order valence-corrected chi connectivity index (χ3v) is 2.40. The van der Waals surface area contributed by atoms with E-state index in [-0.39, 0.29) is 23.7 Å². The van der Waals surface area contributed by atoms with Gasteiger partial charge in [0.1, 0.15) is 0 Å². The maximum Gasteiger partial charge on any atom is 0.157 e. The van der Waals surface area contributed by atoms with E-state index >= 15 is 0 Å². The highest BCUT2D eigenvalue weighted by molar-refractivity contribution is 5.98. The molecule has 0 fully saturated rings. The predicted molar refractivity (Wildman–Crippen MR) is 80.1 cm³/mol. The minimum atomic E-state index is 0. The third kappa shape index (κ3) is 6.58. The molecule has 0 aromatic heterocycles. The molecule has 0 saturated heterocycles. The number of nitrogens with one attached hydrogen (secondary N) is 1. The summed E-state index contributed by atoms with van der Waals surface area (Å²) < 4.78 is 0. The van der Waals surface area contributed by atoms with Crippen LogP contribution in [0.25, 0.3) is 6.08 Å². The minimum Gasteiger partial charge on any atom is -0.308 e. The molecule has 0 aliphatic carbocycles. The van der Waals surface area contributed by atoms with E-state index in [0.29, 0.717) is 6.54 Å². The normalized spacial score (nSPS) is 11.9. The van der Waals surface area contributed by atoms with Gasteiger partial charge in [0.15, 0.2) is 5.78 Å². The van der Waals surface area contributed by atoms with E-state index in [4.69, 9.17) is 0 Å². The minimum absolute atomic E-state index is 0. The number of carbonyl (C=O) groups excluding carboxylic acids is 1. The van der Waals surface area contributed by atoms with Crippen molar-refractivity contribution in [3.05, 3.63) is 41.5 Å². The van der Waals surface area contributed by atoms with E-state index in [1.54, 1.807) is 6.92 Å². The summed E-state index contributed by atoms with van der Waals surface area (Å²) in [5.41, 5.74) is 1.89. The SMILES string of the molecule is CC(=O)/C(=C\c1ccccc1)CNC(C)(C)C.Cl. The molecule has 1 aromatic carbocycles. The zero-order valence-electron chi connectivity index (χ0n) is 11.5. The number of ketones is 1. The van der Waals surface area contributed by atoms with Gasteiger partial charge in [-0.15, -0.1) is 12.4 Å².